The molecular formula is C9H9NO4. The Morgan fingerprint density at radius 2 is 2.50 bits per heavy atom. The SMILES string of the molecule is COC(=O)Cc1ccoc1CN=C=O. The molecule has 0 amide bonds. The van der Waals surface area contributed by atoms with Crippen LogP contribution in [0.15, 0.2) is 21.7 Å². The molecule has 0 unspecified atom stereocenters. The highest BCUT2D eigenvalue weighted by atomic mass is 16.5. The van der Waals surface area contributed by atoms with E-state index in [1.165, 1.54) is 19.5 Å². The summed E-state index contributed by atoms with van der Waals surface area (Å²) in [6.45, 7) is 0.100. The van der Waals surface area contributed by atoms with Gasteiger partial charge in [-0.15, -0.1) is 0 Å². The van der Waals surface area contributed by atoms with E-state index in [0.29, 0.717) is 11.3 Å². The van der Waals surface area contributed by atoms with Gasteiger partial charge in [-0.2, -0.15) is 4.99 Å². The maximum Gasteiger partial charge on any atom is 0.310 e. The third kappa shape index (κ3) is 2.57. The second kappa shape index (κ2) is 4.99. The summed E-state index contributed by atoms with van der Waals surface area (Å²) in [6, 6.07) is 1.65. The van der Waals surface area contributed by atoms with Crippen molar-refractivity contribution < 1.29 is 18.7 Å². The molecule has 1 aromatic rings. The minimum absolute atomic E-state index is 0.100. The standard InChI is InChI=1S/C9H9NO4/c1-13-9(12)4-7-2-3-14-8(7)5-10-6-11/h2-3H,4-5H2,1H3. The topological polar surface area (TPSA) is 68.9 Å². The average molecular weight is 195 g/mol. The van der Waals surface area contributed by atoms with Crippen LogP contribution < -0.4 is 0 Å². The van der Waals surface area contributed by atoms with E-state index in [9.17, 15) is 9.59 Å². The largest absolute Gasteiger partial charge is 0.469 e. The molecule has 0 saturated heterocycles. The number of esters is 1. The van der Waals surface area contributed by atoms with Crippen molar-refractivity contribution >= 4 is 12.0 Å². The third-order valence-electron chi connectivity index (χ3n) is 1.69. The summed E-state index contributed by atoms with van der Waals surface area (Å²) in [5, 5.41) is 0. The number of carbonyl (C=O) groups excluding carboxylic acids is 2. The van der Waals surface area contributed by atoms with Crippen molar-refractivity contribution in [2.24, 2.45) is 4.99 Å². The number of furan rings is 1. The summed E-state index contributed by atoms with van der Waals surface area (Å²) in [6.07, 6.45) is 2.96. The van der Waals surface area contributed by atoms with E-state index in [1.807, 2.05) is 0 Å². The summed E-state index contributed by atoms with van der Waals surface area (Å²) in [4.78, 5) is 24.2. The quantitative estimate of drug-likeness (QED) is 0.405. The lowest BCUT2D eigenvalue weighted by molar-refractivity contribution is -0.139. The van der Waals surface area contributed by atoms with E-state index in [4.69, 9.17) is 4.42 Å². The predicted octanol–water partition coefficient (Wildman–Crippen LogP) is 0.831. The molecule has 0 radical (unpaired) electrons. The summed E-state index contributed by atoms with van der Waals surface area (Å²) in [5.41, 5.74) is 0.677. The molecule has 0 bridgehead atoms. The van der Waals surface area contributed by atoms with Gasteiger partial charge in [-0.05, 0) is 6.07 Å². The molecule has 0 atom stereocenters. The number of carbonyl (C=O) groups is 1. The van der Waals surface area contributed by atoms with E-state index in [0.717, 1.165) is 0 Å². The van der Waals surface area contributed by atoms with Crippen LogP contribution >= 0.6 is 0 Å². The number of methoxy groups -OCH3 is 1. The van der Waals surface area contributed by atoms with Crippen LogP contribution in [-0.4, -0.2) is 19.2 Å². The van der Waals surface area contributed by atoms with E-state index in [-0.39, 0.29) is 18.9 Å². The molecule has 1 rings (SSSR count). The number of rotatable bonds is 4. The van der Waals surface area contributed by atoms with Crippen molar-refractivity contribution in [3.63, 3.8) is 0 Å². The number of nitrogens with zero attached hydrogens (tertiary/aromatic N) is 1. The molecule has 0 N–H and O–H groups in total. The number of isocyanates is 1. The first-order chi connectivity index (χ1) is 6.77. The molecule has 74 valence electrons. The van der Waals surface area contributed by atoms with Crippen molar-refractivity contribution in [3.8, 4) is 0 Å². The smallest absolute Gasteiger partial charge is 0.310 e. The van der Waals surface area contributed by atoms with Crippen molar-refractivity contribution in [3.05, 3.63) is 23.7 Å². The van der Waals surface area contributed by atoms with Crippen LogP contribution in [0.2, 0.25) is 0 Å². The Kier molecular flexibility index (Phi) is 3.64. The number of aliphatic imine (C=N–C) groups is 1. The van der Waals surface area contributed by atoms with Crippen molar-refractivity contribution in [1.29, 1.82) is 0 Å². The molecule has 0 aliphatic heterocycles. The van der Waals surface area contributed by atoms with Crippen LogP contribution in [0.4, 0.5) is 0 Å². The van der Waals surface area contributed by atoms with Gasteiger partial charge < -0.3 is 9.15 Å². The molecule has 5 nitrogen and oxygen atoms in total. The fourth-order valence-electron chi connectivity index (χ4n) is 0.995. The Morgan fingerprint density at radius 1 is 1.71 bits per heavy atom. The van der Waals surface area contributed by atoms with Gasteiger partial charge in [0.1, 0.15) is 12.3 Å². The molecule has 1 aromatic heterocycles. The van der Waals surface area contributed by atoms with Crippen LogP contribution in [0.1, 0.15) is 11.3 Å². The molecule has 14 heavy (non-hydrogen) atoms. The lowest BCUT2D eigenvalue weighted by Crippen LogP contribution is -2.05. The van der Waals surface area contributed by atoms with Gasteiger partial charge in [0.15, 0.2) is 0 Å². The van der Waals surface area contributed by atoms with E-state index < -0.39 is 0 Å². The fraction of sp³-hybridized carbons (Fsp3) is 0.333. The Balaban J connectivity index is 2.71. The Labute approximate surface area is 80.4 Å². The minimum atomic E-state index is -0.359. The van der Waals surface area contributed by atoms with Crippen LogP contribution in [0.25, 0.3) is 0 Å². The van der Waals surface area contributed by atoms with E-state index in [2.05, 4.69) is 9.73 Å². The fourth-order valence-corrected chi connectivity index (χ4v) is 0.995. The van der Waals surface area contributed by atoms with Gasteiger partial charge in [0, 0.05) is 5.56 Å². The number of hydrogen-bond acceptors (Lipinski definition) is 5. The molecule has 0 aromatic carbocycles. The first-order valence-electron chi connectivity index (χ1n) is 3.93. The lowest BCUT2D eigenvalue weighted by atomic mass is 10.2. The van der Waals surface area contributed by atoms with Crippen molar-refractivity contribution in [2.75, 3.05) is 7.11 Å². The van der Waals surface area contributed by atoms with Crippen LogP contribution in [0.3, 0.4) is 0 Å². The van der Waals surface area contributed by atoms with Gasteiger partial charge in [0.25, 0.3) is 0 Å². The zero-order chi connectivity index (χ0) is 10.4. The molecule has 0 aliphatic carbocycles. The molecule has 5 heteroatoms. The lowest BCUT2D eigenvalue weighted by Gasteiger charge is -1.97. The first-order valence-corrected chi connectivity index (χ1v) is 3.93. The Morgan fingerprint density at radius 3 is 3.14 bits per heavy atom. The molecule has 0 fully saturated rings. The minimum Gasteiger partial charge on any atom is -0.469 e. The summed E-state index contributed by atoms with van der Waals surface area (Å²) in [7, 11) is 1.31. The Hall–Kier alpha value is -1.87. The maximum atomic E-state index is 10.9. The first kappa shape index (κ1) is 10.2. The van der Waals surface area contributed by atoms with E-state index >= 15 is 0 Å². The van der Waals surface area contributed by atoms with Crippen LogP contribution in [-0.2, 0) is 27.3 Å². The molecule has 0 saturated carbocycles. The maximum absolute atomic E-state index is 10.9. The zero-order valence-corrected chi connectivity index (χ0v) is 7.65. The van der Waals surface area contributed by atoms with Crippen molar-refractivity contribution in [1.82, 2.24) is 0 Å². The number of ether oxygens (including phenoxy) is 1. The van der Waals surface area contributed by atoms with E-state index in [1.54, 1.807) is 6.07 Å². The van der Waals surface area contributed by atoms with Crippen LogP contribution in [0.5, 0.6) is 0 Å². The van der Waals surface area contributed by atoms with Crippen molar-refractivity contribution in [2.45, 2.75) is 13.0 Å². The number of hydrogen-bond donors (Lipinski definition) is 0. The van der Waals surface area contributed by atoms with Gasteiger partial charge >= 0.3 is 5.97 Å². The predicted molar refractivity (Wildman–Crippen MR) is 46.3 cm³/mol. The summed E-state index contributed by atoms with van der Waals surface area (Å²) >= 11 is 0. The monoisotopic (exact) mass is 195 g/mol. The van der Waals surface area contributed by atoms with Gasteiger partial charge in [-0.3, -0.25) is 4.79 Å². The molecule has 0 aliphatic rings. The molecule has 1 heterocycles. The van der Waals surface area contributed by atoms with Gasteiger partial charge in [0.05, 0.1) is 19.8 Å². The highest BCUT2D eigenvalue weighted by Crippen LogP contribution is 2.12. The molecule has 0 spiro atoms. The Bertz CT molecular complexity index is 363. The highest BCUT2D eigenvalue weighted by molar-refractivity contribution is 5.72. The van der Waals surface area contributed by atoms with Gasteiger partial charge in [-0.1, -0.05) is 0 Å². The van der Waals surface area contributed by atoms with Crippen LogP contribution in [0, 0.1) is 0 Å². The molecular weight excluding hydrogens is 186 g/mol. The highest BCUT2D eigenvalue weighted by Gasteiger charge is 2.10. The van der Waals surface area contributed by atoms with Gasteiger partial charge in [-0.25, -0.2) is 4.79 Å². The zero-order valence-electron chi connectivity index (χ0n) is 7.65. The average Bonchev–Trinajstić information content (AvgIpc) is 2.62. The normalized spacial score (nSPS) is 9.21. The third-order valence-corrected chi connectivity index (χ3v) is 1.69. The van der Waals surface area contributed by atoms with Gasteiger partial charge in [0.2, 0.25) is 6.08 Å². The second-order valence-electron chi connectivity index (χ2n) is 2.53. The summed E-state index contributed by atoms with van der Waals surface area (Å²) in [5.74, 6) is 0.126. The second-order valence-corrected chi connectivity index (χ2v) is 2.53. The summed E-state index contributed by atoms with van der Waals surface area (Å²) < 4.78 is 9.53.